The van der Waals surface area contributed by atoms with Crippen LogP contribution in [-0.2, 0) is 9.47 Å². The molecule has 0 aliphatic carbocycles. The number of benzene rings is 1. The van der Waals surface area contributed by atoms with Crippen molar-refractivity contribution < 1.29 is 9.47 Å². The molecule has 1 heterocycles. The number of ether oxygens (including phenoxy) is 2. The van der Waals surface area contributed by atoms with Crippen LogP contribution < -0.4 is 0 Å². The van der Waals surface area contributed by atoms with Crippen LogP contribution in [-0.4, -0.2) is 25.3 Å². The molecule has 1 aliphatic heterocycles. The minimum Gasteiger partial charge on any atom is -0.350 e. The Morgan fingerprint density at radius 3 is 2.75 bits per heavy atom. The Labute approximate surface area is 109 Å². The second-order valence-electron chi connectivity index (χ2n) is 3.38. The van der Waals surface area contributed by atoms with Crippen molar-refractivity contribution in [1.29, 1.82) is 0 Å². The molecule has 0 atom stereocenters. The maximum Gasteiger partial charge on any atom is 0.158 e. The Hall–Kier alpha value is 0.0700. The number of halogens is 2. The first-order valence-corrected chi connectivity index (χ1v) is 6.81. The van der Waals surface area contributed by atoms with Crippen LogP contribution in [0.3, 0.4) is 0 Å². The van der Waals surface area contributed by atoms with Crippen molar-refractivity contribution in [1.82, 2.24) is 0 Å². The molecular weight excluding hydrogens is 267 g/mol. The van der Waals surface area contributed by atoms with Crippen LogP contribution in [0, 0.1) is 0 Å². The van der Waals surface area contributed by atoms with Crippen LogP contribution in [0.5, 0.6) is 0 Å². The van der Waals surface area contributed by atoms with E-state index in [4.69, 9.17) is 32.7 Å². The van der Waals surface area contributed by atoms with Gasteiger partial charge in [-0.1, -0.05) is 23.2 Å². The predicted octanol–water partition coefficient (Wildman–Crippen LogP) is 3.85. The third-order valence-corrected chi connectivity index (χ3v) is 3.96. The van der Waals surface area contributed by atoms with Gasteiger partial charge in [-0.25, -0.2) is 0 Å². The first-order valence-electron chi connectivity index (χ1n) is 5.07. The van der Waals surface area contributed by atoms with Gasteiger partial charge in [-0.2, -0.15) is 0 Å². The van der Waals surface area contributed by atoms with Crippen molar-refractivity contribution in [3.63, 3.8) is 0 Å². The second-order valence-corrected chi connectivity index (χ2v) is 5.36. The lowest BCUT2D eigenvalue weighted by Crippen LogP contribution is -2.08. The Morgan fingerprint density at radius 1 is 1.25 bits per heavy atom. The molecule has 16 heavy (non-hydrogen) atoms. The van der Waals surface area contributed by atoms with E-state index < -0.39 is 0 Å². The zero-order valence-corrected chi connectivity index (χ0v) is 10.9. The average Bonchev–Trinajstić information content (AvgIpc) is 2.76. The summed E-state index contributed by atoms with van der Waals surface area (Å²) < 4.78 is 10.7. The Kier molecular flexibility index (Phi) is 4.79. The molecule has 0 amide bonds. The molecule has 0 radical (unpaired) electrons. The van der Waals surface area contributed by atoms with Crippen molar-refractivity contribution in [2.24, 2.45) is 0 Å². The van der Waals surface area contributed by atoms with Crippen LogP contribution in [0.1, 0.15) is 6.42 Å². The third-order valence-electron chi connectivity index (χ3n) is 2.20. The van der Waals surface area contributed by atoms with Gasteiger partial charge in [0.05, 0.1) is 18.2 Å². The van der Waals surface area contributed by atoms with Crippen molar-refractivity contribution >= 4 is 35.0 Å². The van der Waals surface area contributed by atoms with Gasteiger partial charge in [0.2, 0.25) is 0 Å². The lowest BCUT2D eigenvalue weighted by Gasteiger charge is -2.09. The van der Waals surface area contributed by atoms with E-state index in [2.05, 4.69) is 0 Å². The van der Waals surface area contributed by atoms with Crippen molar-refractivity contribution in [3.05, 3.63) is 28.2 Å². The summed E-state index contributed by atoms with van der Waals surface area (Å²) in [5.41, 5.74) is 0. The molecule has 1 aromatic carbocycles. The van der Waals surface area contributed by atoms with E-state index in [-0.39, 0.29) is 6.29 Å². The van der Waals surface area contributed by atoms with Gasteiger partial charge in [-0.3, -0.25) is 0 Å². The van der Waals surface area contributed by atoms with Crippen LogP contribution in [0.25, 0.3) is 0 Å². The van der Waals surface area contributed by atoms with E-state index in [9.17, 15) is 0 Å². The summed E-state index contributed by atoms with van der Waals surface area (Å²) in [7, 11) is 0. The van der Waals surface area contributed by atoms with Crippen LogP contribution >= 0.6 is 35.0 Å². The molecule has 2 rings (SSSR count). The number of hydrogen-bond donors (Lipinski definition) is 0. The van der Waals surface area contributed by atoms with Gasteiger partial charge in [0.25, 0.3) is 0 Å². The summed E-state index contributed by atoms with van der Waals surface area (Å²) in [6, 6.07) is 5.48. The van der Waals surface area contributed by atoms with E-state index in [1.807, 2.05) is 12.1 Å². The quantitative estimate of drug-likeness (QED) is 0.780. The molecule has 5 heteroatoms. The second kappa shape index (κ2) is 6.12. The molecule has 1 aromatic rings. The highest BCUT2D eigenvalue weighted by molar-refractivity contribution is 7.99. The first kappa shape index (κ1) is 12.5. The summed E-state index contributed by atoms with van der Waals surface area (Å²) in [6.45, 7) is 1.40. The molecule has 0 N–H and O–H groups in total. The van der Waals surface area contributed by atoms with Gasteiger partial charge >= 0.3 is 0 Å². The maximum absolute atomic E-state index is 6.05. The minimum atomic E-state index is -0.0505. The monoisotopic (exact) mass is 278 g/mol. The highest BCUT2D eigenvalue weighted by atomic mass is 35.5. The molecule has 1 aliphatic rings. The van der Waals surface area contributed by atoms with Crippen LogP contribution in [0.15, 0.2) is 23.1 Å². The van der Waals surface area contributed by atoms with E-state index in [1.165, 1.54) is 0 Å². The number of rotatable bonds is 4. The molecule has 0 saturated carbocycles. The third kappa shape index (κ3) is 3.54. The largest absolute Gasteiger partial charge is 0.350 e. The van der Waals surface area contributed by atoms with Gasteiger partial charge < -0.3 is 9.47 Å². The highest BCUT2D eigenvalue weighted by Crippen LogP contribution is 2.30. The molecule has 0 bridgehead atoms. The van der Waals surface area contributed by atoms with Gasteiger partial charge in [-0.15, -0.1) is 11.8 Å². The maximum atomic E-state index is 6.05. The topological polar surface area (TPSA) is 18.5 Å². The van der Waals surface area contributed by atoms with Crippen molar-refractivity contribution in [3.8, 4) is 0 Å². The summed E-state index contributed by atoms with van der Waals surface area (Å²) in [4.78, 5) is 1.01. The van der Waals surface area contributed by atoms with Gasteiger partial charge in [0, 0.05) is 22.1 Å². The lowest BCUT2D eigenvalue weighted by molar-refractivity contribution is -0.0421. The number of thioether (sulfide) groups is 1. The Bertz CT molecular complexity index is 354. The molecule has 0 unspecified atom stereocenters. The first-order chi connectivity index (χ1) is 7.75. The average molecular weight is 279 g/mol. The molecule has 0 spiro atoms. The van der Waals surface area contributed by atoms with Crippen molar-refractivity contribution in [2.45, 2.75) is 17.6 Å². The number of hydrogen-bond acceptors (Lipinski definition) is 3. The standard InChI is InChI=1S/C11H12Cl2O2S/c12-8-1-2-9(13)10(7-8)16-6-3-11-14-4-5-15-11/h1-2,7,11H,3-6H2. The van der Waals surface area contributed by atoms with Crippen LogP contribution in [0.2, 0.25) is 10.0 Å². The SMILES string of the molecule is Clc1ccc(Cl)c(SCCC2OCCO2)c1. The van der Waals surface area contributed by atoms with E-state index in [0.717, 1.165) is 22.1 Å². The van der Waals surface area contributed by atoms with E-state index >= 15 is 0 Å². The summed E-state index contributed by atoms with van der Waals surface area (Å²) in [5.74, 6) is 0.907. The normalized spacial score (nSPS) is 16.9. The summed E-state index contributed by atoms with van der Waals surface area (Å²) in [6.07, 6.45) is 0.818. The van der Waals surface area contributed by atoms with Gasteiger partial charge in [0.15, 0.2) is 6.29 Å². The Morgan fingerprint density at radius 2 is 2.00 bits per heavy atom. The molecule has 2 nitrogen and oxygen atoms in total. The highest BCUT2D eigenvalue weighted by Gasteiger charge is 2.15. The summed E-state index contributed by atoms with van der Waals surface area (Å²) in [5, 5.41) is 1.45. The Balaban J connectivity index is 1.82. The molecule has 88 valence electrons. The van der Waals surface area contributed by atoms with E-state index in [1.54, 1.807) is 17.8 Å². The van der Waals surface area contributed by atoms with Crippen LogP contribution in [0.4, 0.5) is 0 Å². The zero-order valence-electron chi connectivity index (χ0n) is 8.62. The molecule has 0 aromatic heterocycles. The van der Waals surface area contributed by atoms with Gasteiger partial charge in [0.1, 0.15) is 0 Å². The lowest BCUT2D eigenvalue weighted by atomic mass is 10.4. The van der Waals surface area contributed by atoms with Crippen molar-refractivity contribution in [2.75, 3.05) is 19.0 Å². The molecule has 1 fully saturated rings. The fourth-order valence-corrected chi connectivity index (χ4v) is 2.89. The zero-order chi connectivity index (χ0) is 11.4. The van der Waals surface area contributed by atoms with Gasteiger partial charge in [-0.05, 0) is 18.2 Å². The predicted molar refractivity (Wildman–Crippen MR) is 67.5 cm³/mol. The summed E-state index contributed by atoms with van der Waals surface area (Å²) >= 11 is 13.6. The fourth-order valence-electron chi connectivity index (χ4n) is 1.43. The minimum absolute atomic E-state index is 0.0505. The molecular formula is C11H12Cl2O2S. The smallest absolute Gasteiger partial charge is 0.158 e. The fraction of sp³-hybridized carbons (Fsp3) is 0.455. The molecule has 1 saturated heterocycles. The van der Waals surface area contributed by atoms with E-state index in [0.29, 0.717) is 18.2 Å².